The Kier molecular flexibility index (Phi) is 10.4. The lowest BCUT2D eigenvalue weighted by Gasteiger charge is -2.38. The van der Waals surface area contributed by atoms with Crippen LogP contribution in [-0.2, 0) is 23.9 Å². The van der Waals surface area contributed by atoms with Crippen LogP contribution < -0.4 is 27.0 Å². The topological polar surface area (TPSA) is 189 Å². The zero-order chi connectivity index (χ0) is 32.4. The lowest BCUT2D eigenvalue weighted by Crippen LogP contribution is -2.62. The van der Waals surface area contributed by atoms with Crippen molar-refractivity contribution >= 4 is 35.6 Å². The summed E-state index contributed by atoms with van der Waals surface area (Å²) >= 11 is 0. The van der Waals surface area contributed by atoms with Gasteiger partial charge in [0, 0.05) is 13.1 Å². The molecule has 1 aliphatic heterocycles. The minimum absolute atomic E-state index is 0.0378. The SMILES string of the molecule is CCOC(=O)NC[C@@H](NC(=O)N[C@H](C(=O)N1C[C@H]2[C@@H]([C@H]1C(=O)NC(CC1CC1)C(=O)C(N)=O)C2(C)C)C(C)(C)C)C(C)C. The number of nitrogens with two attached hydrogens (primary N) is 1. The number of fused-ring (bicyclic) bond motifs is 1. The number of primary amides is 1. The molecule has 3 rings (SSSR count). The molecular weight excluding hydrogens is 556 g/mol. The molecule has 242 valence electrons. The zero-order valence-electron chi connectivity index (χ0n) is 26.7. The maximum atomic E-state index is 14.1. The molecule has 0 bridgehead atoms. The average Bonchev–Trinajstić information content (AvgIpc) is 3.75. The van der Waals surface area contributed by atoms with Crippen molar-refractivity contribution in [1.29, 1.82) is 0 Å². The number of ether oxygens (including phenoxy) is 1. The summed E-state index contributed by atoms with van der Waals surface area (Å²) < 4.78 is 4.90. The molecule has 0 radical (unpaired) electrons. The highest BCUT2D eigenvalue weighted by Crippen LogP contribution is 2.65. The van der Waals surface area contributed by atoms with Gasteiger partial charge in [0.25, 0.3) is 5.91 Å². The van der Waals surface area contributed by atoms with E-state index in [2.05, 4.69) is 21.3 Å². The summed E-state index contributed by atoms with van der Waals surface area (Å²) in [6.07, 6.45) is 1.58. The van der Waals surface area contributed by atoms with Gasteiger partial charge in [0.1, 0.15) is 12.1 Å². The van der Waals surface area contributed by atoms with Crippen LogP contribution in [0, 0.1) is 34.5 Å². The zero-order valence-corrected chi connectivity index (χ0v) is 26.7. The summed E-state index contributed by atoms with van der Waals surface area (Å²) in [6, 6.07) is -3.90. The fourth-order valence-corrected chi connectivity index (χ4v) is 6.14. The molecule has 1 saturated heterocycles. The quantitative estimate of drug-likeness (QED) is 0.195. The Morgan fingerprint density at radius 1 is 1.02 bits per heavy atom. The lowest BCUT2D eigenvalue weighted by atomic mass is 9.85. The van der Waals surface area contributed by atoms with E-state index in [0.29, 0.717) is 13.0 Å². The molecule has 3 aliphatic rings. The standard InChI is InChI=1S/C30H50N6O7/c1-9-43-28(42)32-13-19(15(2)3)34-27(41)35-23(29(4,5)6)26(40)36-14-17-20(30(17,7)8)21(36)25(39)33-18(12-16-10-11-16)22(37)24(31)38/h15-21,23H,9-14H2,1-8H3,(H2,31,38)(H,32,42)(H,33,39)(H2,34,35,41)/t17-,18?,19+,20-,21-,23+/m0/s1. The van der Waals surface area contributed by atoms with E-state index >= 15 is 0 Å². The van der Waals surface area contributed by atoms with Gasteiger partial charge in [0.05, 0.1) is 18.7 Å². The number of urea groups is 1. The first kappa shape index (κ1) is 34.1. The lowest BCUT2D eigenvalue weighted by molar-refractivity contribution is -0.145. The monoisotopic (exact) mass is 606 g/mol. The first-order valence-electron chi connectivity index (χ1n) is 15.3. The summed E-state index contributed by atoms with van der Waals surface area (Å²) in [6.45, 7) is 15.7. The molecule has 2 saturated carbocycles. The third-order valence-corrected chi connectivity index (χ3v) is 9.15. The number of carbonyl (C=O) groups is 6. The molecule has 6 atom stereocenters. The van der Waals surface area contributed by atoms with Crippen molar-refractivity contribution in [3.63, 3.8) is 0 Å². The summed E-state index contributed by atoms with van der Waals surface area (Å²) in [5.41, 5.74) is 4.37. The minimum Gasteiger partial charge on any atom is -0.450 e. The Balaban J connectivity index is 1.77. The number of hydrogen-bond donors (Lipinski definition) is 5. The fourth-order valence-electron chi connectivity index (χ4n) is 6.14. The molecule has 2 aliphatic carbocycles. The molecule has 0 aromatic rings. The minimum atomic E-state index is -1.10. The van der Waals surface area contributed by atoms with Crippen molar-refractivity contribution in [2.24, 2.45) is 40.2 Å². The van der Waals surface area contributed by atoms with Gasteiger partial charge in [-0.2, -0.15) is 0 Å². The van der Waals surface area contributed by atoms with Crippen molar-refractivity contribution in [3.8, 4) is 0 Å². The third kappa shape index (κ3) is 8.17. The number of alkyl carbamates (subject to hydrolysis) is 1. The molecule has 13 heteroatoms. The van der Waals surface area contributed by atoms with Crippen molar-refractivity contribution in [3.05, 3.63) is 0 Å². The molecule has 3 fully saturated rings. The summed E-state index contributed by atoms with van der Waals surface area (Å²) in [5, 5.41) is 11.0. The molecular formula is C30H50N6O7. The average molecular weight is 607 g/mol. The highest BCUT2D eigenvalue weighted by molar-refractivity contribution is 6.37. The van der Waals surface area contributed by atoms with Crippen LogP contribution in [0.3, 0.4) is 0 Å². The van der Waals surface area contributed by atoms with Crippen LogP contribution in [0.1, 0.15) is 74.7 Å². The second-order valence-electron chi connectivity index (χ2n) is 14.2. The van der Waals surface area contributed by atoms with Gasteiger partial charge < -0.3 is 36.6 Å². The van der Waals surface area contributed by atoms with Gasteiger partial charge in [0.15, 0.2) is 0 Å². The molecule has 1 heterocycles. The number of carbonyl (C=O) groups excluding carboxylic acids is 6. The van der Waals surface area contributed by atoms with Gasteiger partial charge >= 0.3 is 12.1 Å². The number of rotatable bonds is 13. The Morgan fingerprint density at radius 2 is 1.65 bits per heavy atom. The smallest absolute Gasteiger partial charge is 0.407 e. The second kappa shape index (κ2) is 13.1. The number of hydrogen-bond acceptors (Lipinski definition) is 7. The first-order valence-corrected chi connectivity index (χ1v) is 15.3. The molecule has 6 N–H and O–H groups in total. The van der Waals surface area contributed by atoms with Crippen LogP contribution in [-0.4, -0.2) is 84.4 Å². The van der Waals surface area contributed by atoms with Crippen LogP contribution in [0.25, 0.3) is 0 Å². The molecule has 43 heavy (non-hydrogen) atoms. The number of amides is 6. The van der Waals surface area contributed by atoms with Crippen LogP contribution in [0.5, 0.6) is 0 Å². The normalized spacial score (nSPS) is 24.2. The number of ketones is 1. The van der Waals surface area contributed by atoms with Gasteiger partial charge in [-0.05, 0) is 47.8 Å². The number of piperidine rings is 1. The maximum Gasteiger partial charge on any atom is 0.407 e. The largest absolute Gasteiger partial charge is 0.450 e. The van der Waals surface area contributed by atoms with Gasteiger partial charge in [-0.3, -0.25) is 19.2 Å². The molecule has 0 aromatic carbocycles. The van der Waals surface area contributed by atoms with E-state index in [1.54, 1.807) is 6.92 Å². The van der Waals surface area contributed by atoms with E-state index in [4.69, 9.17) is 10.5 Å². The van der Waals surface area contributed by atoms with Crippen molar-refractivity contribution in [2.75, 3.05) is 19.7 Å². The van der Waals surface area contributed by atoms with E-state index in [0.717, 1.165) is 12.8 Å². The van der Waals surface area contributed by atoms with Crippen molar-refractivity contribution < 1.29 is 33.5 Å². The van der Waals surface area contributed by atoms with Gasteiger partial charge in [-0.25, -0.2) is 9.59 Å². The molecule has 0 spiro atoms. The maximum absolute atomic E-state index is 14.1. The number of nitrogens with one attached hydrogen (secondary N) is 4. The predicted molar refractivity (Wildman–Crippen MR) is 158 cm³/mol. The van der Waals surface area contributed by atoms with E-state index < -0.39 is 65.2 Å². The highest BCUT2D eigenvalue weighted by atomic mass is 16.5. The Labute approximate surface area is 254 Å². The highest BCUT2D eigenvalue weighted by Gasteiger charge is 2.70. The predicted octanol–water partition coefficient (Wildman–Crippen LogP) is 1.29. The summed E-state index contributed by atoms with van der Waals surface area (Å²) in [4.78, 5) is 78.6. The van der Waals surface area contributed by atoms with Crippen molar-refractivity contribution in [1.82, 2.24) is 26.2 Å². The Hall–Kier alpha value is -3.38. The van der Waals surface area contributed by atoms with Crippen LogP contribution in [0.4, 0.5) is 9.59 Å². The second-order valence-corrected chi connectivity index (χ2v) is 14.2. The summed E-state index contributed by atoms with van der Waals surface area (Å²) in [5.74, 6) is -2.68. The van der Waals surface area contributed by atoms with Crippen LogP contribution in [0.15, 0.2) is 0 Å². The molecule has 1 unspecified atom stereocenters. The van der Waals surface area contributed by atoms with E-state index in [9.17, 15) is 28.8 Å². The van der Waals surface area contributed by atoms with Crippen LogP contribution >= 0.6 is 0 Å². The van der Waals surface area contributed by atoms with Gasteiger partial charge in [0.2, 0.25) is 17.6 Å². The third-order valence-electron chi connectivity index (χ3n) is 9.15. The summed E-state index contributed by atoms with van der Waals surface area (Å²) in [7, 11) is 0. The Morgan fingerprint density at radius 3 is 2.16 bits per heavy atom. The number of nitrogens with zero attached hydrogens (tertiary/aromatic N) is 1. The molecule has 0 aromatic heterocycles. The first-order chi connectivity index (χ1) is 19.9. The van der Waals surface area contributed by atoms with E-state index in [1.165, 1.54) is 4.90 Å². The van der Waals surface area contributed by atoms with Gasteiger partial charge in [-0.1, -0.05) is 61.3 Å². The van der Waals surface area contributed by atoms with E-state index in [1.807, 2.05) is 48.5 Å². The van der Waals surface area contributed by atoms with Gasteiger partial charge in [-0.15, -0.1) is 0 Å². The number of Topliss-reactive ketones (excluding diaryl/α,β-unsaturated/α-hetero) is 1. The fraction of sp³-hybridized carbons (Fsp3) is 0.800. The molecule has 6 amide bonds. The van der Waals surface area contributed by atoms with Crippen molar-refractivity contribution in [2.45, 2.75) is 98.8 Å². The Bertz CT molecular complexity index is 1110. The van der Waals surface area contributed by atoms with E-state index in [-0.39, 0.29) is 42.2 Å². The molecule has 13 nitrogen and oxygen atoms in total. The van der Waals surface area contributed by atoms with Crippen LogP contribution in [0.2, 0.25) is 0 Å². The number of likely N-dealkylation sites (tertiary alicyclic amines) is 1.